The monoisotopic (exact) mass is 428 g/mol. The fraction of sp³-hybridized carbons (Fsp3) is 0.381. The van der Waals surface area contributed by atoms with Gasteiger partial charge in [0.2, 0.25) is 21.8 Å². The summed E-state index contributed by atoms with van der Waals surface area (Å²) in [4.78, 5) is 30.8. The number of benzene rings is 1. The Morgan fingerprint density at radius 2 is 1.77 bits per heavy atom. The van der Waals surface area contributed by atoms with E-state index in [0.717, 1.165) is 19.3 Å². The third kappa shape index (κ3) is 3.82. The quantitative estimate of drug-likeness (QED) is 0.805. The third-order valence-corrected chi connectivity index (χ3v) is 7.47. The zero-order chi connectivity index (χ0) is 21.3. The lowest BCUT2D eigenvalue weighted by Crippen LogP contribution is -2.44. The second-order valence-electron chi connectivity index (χ2n) is 7.59. The number of fused-ring (bicyclic) bond motifs is 1. The number of rotatable bonds is 4. The second kappa shape index (κ2) is 8.16. The van der Waals surface area contributed by atoms with E-state index < -0.39 is 16.1 Å². The van der Waals surface area contributed by atoms with Gasteiger partial charge in [-0.05, 0) is 48.7 Å². The normalized spacial score (nSPS) is 19.4. The number of hydrogen-bond donors (Lipinski definition) is 1. The van der Waals surface area contributed by atoms with Crippen LogP contribution in [-0.2, 0) is 26.0 Å². The van der Waals surface area contributed by atoms with Crippen molar-refractivity contribution in [2.24, 2.45) is 0 Å². The zero-order valence-electron chi connectivity index (χ0n) is 16.7. The summed E-state index contributed by atoms with van der Waals surface area (Å²) >= 11 is 0. The SMILES string of the molecule is CC(=O)N1c2ccc(S(=O)(=O)N3CCCCC3)cc2C[C@@H]1C(=O)Nc1ccncc1. The standard InChI is InChI=1S/C21H24N4O4S/c1-15(26)25-19-6-5-18(30(28,29)24-11-3-2-4-12-24)13-16(19)14-20(25)21(27)23-17-7-9-22-10-8-17/h5-10,13,20H,2-4,11-12,14H2,1H3,(H,22,23,27)/t20-/m1/s1. The Hall–Kier alpha value is -2.78. The molecule has 1 saturated heterocycles. The van der Waals surface area contributed by atoms with E-state index in [0.29, 0.717) is 30.0 Å². The number of nitrogens with one attached hydrogen (secondary N) is 1. The number of carbonyl (C=O) groups excluding carboxylic acids is 2. The summed E-state index contributed by atoms with van der Waals surface area (Å²) in [5, 5.41) is 2.80. The van der Waals surface area contributed by atoms with E-state index in [9.17, 15) is 18.0 Å². The topological polar surface area (TPSA) is 99.7 Å². The number of anilines is 2. The Balaban J connectivity index is 1.61. The highest BCUT2D eigenvalue weighted by molar-refractivity contribution is 7.89. The van der Waals surface area contributed by atoms with Gasteiger partial charge < -0.3 is 5.32 Å². The van der Waals surface area contributed by atoms with E-state index in [4.69, 9.17) is 0 Å². The summed E-state index contributed by atoms with van der Waals surface area (Å²) in [5.41, 5.74) is 1.84. The van der Waals surface area contributed by atoms with Crippen molar-refractivity contribution in [3.8, 4) is 0 Å². The Morgan fingerprint density at radius 3 is 2.43 bits per heavy atom. The van der Waals surface area contributed by atoms with E-state index in [1.165, 1.54) is 22.2 Å². The fourth-order valence-corrected chi connectivity index (χ4v) is 5.67. The summed E-state index contributed by atoms with van der Waals surface area (Å²) in [6.07, 6.45) is 6.16. The van der Waals surface area contributed by atoms with Crippen LogP contribution in [0, 0.1) is 0 Å². The number of nitrogens with zero attached hydrogens (tertiary/aromatic N) is 3. The number of pyridine rings is 1. The van der Waals surface area contributed by atoms with Crippen molar-refractivity contribution >= 4 is 33.2 Å². The van der Waals surface area contributed by atoms with E-state index in [-0.39, 0.29) is 23.1 Å². The van der Waals surface area contributed by atoms with Gasteiger partial charge in [0.25, 0.3) is 0 Å². The van der Waals surface area contributed by atoms with Gasteiger partial charge in [0.15, 0.2) is 0 Å². The molecule has 1 aromatic heterocycles. The minimum absolute atomic E-state index is 0.210. The predicted octanol–water partition coefficient (Wildman–Crippen LogP) is 2.17. The van der Waals surface area contributed by atoms with Crippen molar-refractivity contribution in [2.75, 3.05) is 23.3 Å². The van der Waals surface area contributed by atoms with Crippen molar-refractivity contribution in [1.29, 1.82) is 0 Å². The minimum atomic E-state index is -3.59. The van der Waals surface area contributed by atoms with E-state index >= 15 is 0 Å². The molecule has 0 bridgehead atoms. The molecule has 9 heteroatoms. The lowest BCUT2D eigenvalue weighted by atomic mass is 10.1. The fourth-order valence-electron chi connectivity index (χ4n) is 4.10. The minimum Gasteiger partial charge on any atom is -0.324 e. The van der Waals surface area contributed by atoms with Crippen LogP contribution in [0.2, 0.25) is 0 Å². The average molecular weight is 429 g/mol. The molecule has 2 aromatic rings. The molecule has 1 N–H and O–H groups in total. The van der Waals surface area contributed by atoms with Crippen LogP contribution in [0.4, 0.5) is 11.4 Å². The molecule has 0 unspecified atom stereocenters. The zero-order valence-corrected chi connectivity index (χ0v) is 17.6. The van der Waals surface area contributed by atoms with Crippen molar-refractivity contribution in [3.05, 3.63) is 48.3 Å². The van der Waals surface area contributed by atoms with Gasteiger partial charge in [-0.2, -0.15) is 4.31 Å². The molecule has 2 aliphatic rings. The Bertz CT molecular complexity index is 1070. The molecule has 0 spiro atoms. The smallest absolute Gasteiger partial charge is 0.247 e. The molecule has 1 fully saturated rings. The molecule has 2 aliphatic heterocycles. The molecule has 0 radical (unpaired) electrons. The molecule has 158 valence electrons. The van der Waals surface area contributed by atoms with Crippen molar-refractivity contribution in [3.63, 3.8) is 0 Å². The third-order valence-electron chi connectivity index (χ3n) is 5.58. The summed E-state index contributed by atoms with van der Waals surface area (Å²) in [5.74, 6) is -0.594. The maximum atomic E-state index is 13.0. The van der Waals surface area contributed by atoms with Crippen LogP contribution in [0.25, 0.3) is 0 Å². The molecule has 0 saturated carbocycles. The molecule has 1 atom stereocenters. The van der Waals surface area contributed by atoms with Gasteiger partial charge in [0.05, 0.1) is 4.90 Å². The van der Waals surface area contributed by atoms with Crippen LogP contribution in [0.5, 0.6) is 0 Å². The number of piperidine rings is 1. The Labute approximate surface area is 175 Å². The predicted molar refractivity (Wildman–Crippen MR) is 113 cm³/mol. The van der Waals surface area contributed by atoms with Crippen LogP contribution >= 0.6 is 0 Å². The number of aromatic nitrogens is 1. The van der Waals surface area contributed by atoms with Crippen LogP contribution in [0.3, 0.4) is 0 Å². The Morgan fingerprint density at radius 1 is 1.07 bits per heavy atom. The van der Waals surface area contributed by atoms with Crippen LogP contribution in [0.15, 0.2) is 47.6 Å². The summed E-state index contributed by atoms with van der Waals surface area (Å²) in [6, 6.07) is 7.37. The van der Waals surface area contributed by atoms with Gasteiger partial charge >= 0.3 is 0 Å². The highest BCUT2D eigenvalue weighted by Crippen LogP contribution is 2.35. The highest BCUT2D eigenvalue weighted by atomic mass is 32.2. The Kier molecular flexibility index (Phi) is 5.57. The van der Waals surface area contributed by atoms with E-state index in [1.54, 1.807) is 36.7 Å². The van der Waals surface area contributed by atoms with Crippen molar-refractivity contribution in [1.82, 2.24) is 9.29 Å². The first-order valence-corrected chi connectivity index (χ1v) is 11.5. The summed E-state index contributed by atoms with van der Waals surface area (Å²) in [6.45, 7) is 2.45. The molecule has 8 nitrogen and oxygen atoms in total. The molecule has 2 amide bonds. The molecular weight excluding hydrogens is 404 g/mol. The van der Waals surface area contributed by atoms with Gasteiger partial charge in [-0.1, -0.05) is 6.42 Å². The lowest BCUT2D eigenvalue weighted by Gasteiger charge is -2.26. The highest BCUT2D eigenvalue weighted by Gasteiger charge is 2.38. The molecule has 0 aliphatic carbocycles. The number of hydrogen-bond acceptors (Lipinski definition) is 5. The maximum Gasteiger partial charge on any atom is 0.247 e. The maximum absolute atomic E-state index is 13.0. The first-order valence-electron chi connectivity index (χ1n) is 10.0. The molecule has 1 aromatic carbocycles. The lowest BCUT2D eigenvalue weighted by molar-refractivity contribution is -0.122. The van der Waals surface area contributed by atoms with Crippen LogP contribution in [-0.4, -0.2) is 48.7 Å². The number of sulfonamides is 1. The molecular formula is C21H24N4O4S. The van der Waals surface area contributed by atoms with Crippen molar-refractivity contribution < 1.29 is 18.0 Å². The summed E-state index contributed by atoms with van der Waals surface area (Å²) in [7, 11) is -3.59. The molecule has 4 rings (SSSR count). The van der Waals surface area contributed by atoms with E-state index in [1.807, 2.05) is 0 Å². The largest absolute Gasteiger partial charge is 0.324 e. The van der Waals surface area contributed by atoms with Crippen LogP contribution in [0.1, 0.15) is 31.7 Å². The summed E-state index contributed by atoms with van der Waals surface area (Å²) < 4.78 is 27.6. The van der Waals surface area contributed by atoms with Gasteiger partial charge in [0, 0.05) is 50.2 Å². The molecule has 3 heterocycles. The number of carbonyl (C=O) groups is 2. The average Bonchev–Trinajstić information content (AvgIpc) is 3.14. The van der Waals surface area contributed by atoms with Gasteiger partial charge in [-0.25, -0.2) is 8.42 Å². The van der Waals surface area contributed by atoms with Crippen LogP contribution < -0.4 is 10.2 Å². The van der Waals surface area contributed by atoms with E-state index in [2.05, 4.69) is 10.3 Å². The molecule has 30 heavy (non-hydrogen) atoms. The van der Waals surface area contributed by atoms with Gasteiger partial charge in [-0.3, -0.25) is 19.5 Å². The second-order valence-corrected chi connectivity index (χ2v) is 9.53. The number of amides is 2. The van der Waals surface area contributed by atoms with Crippen molar-refractivity contribution in [2.45, 2.75) is 43.5 Å². The van der Waals surface area contributed by atoms with Gasteiger partial charge in [0.1, 0.15) is 6.04 Å². The first kappa shape index (κ1) is 20.5. The van der Waals surface area contributed by atoms with Gasteiger partial charge in [-0.15, -0.1) is 0 Å². The first-order chi connectivity index (χ1) is 14.4.